The number of aromatic nitrogens is 2. The Balaban J connectivity index is 1.45. The Morgan fingerprint density at radius 2 is 1.60 bits per heavy atom. The average molecular weight is 589 g/mol. The summed E-state index contributed by atoms with van der Waals surface area (Å²) in [6.07, 6.45) is -1.14. The highest BCUT2D eigenvalue weighted by Crippen LogP contribution is 2.21. The Kier molecular flexibility index (Phi) is 10.5. The Bertz CT molecular complexity index is 1500. The highest BCUT2D eigenvalue weighted by Gasteiger charge is 2.25. The van der Waals surface area contributed by atoms with Crippen molar-refractivity contribution in [2.75, 3.05) is 11.9 Å². The zero-order valence-corrected chi connectivity index (χ0v) is 24.1. The lowest BCUT2D eigenvalue weighted by atomic mass is 9.97. The summed E-state index contributed by atoms with van der Waals surface area (Å²) in [7, 11) is 0. The molecule has 4 N–H and O–H groups in total. The molecule has 4 aromatic rings. The normalized spacial score (nSPS) is 12.4. The van der Waals surface area contributed by atoms with Crippen LogP contribution in [0.25, 0.3) is 11.1 Å². The van der Waals surface area contributed by atoms with Crippen molar-refractivity contribution in [2.24, 2.45) is 5.92 Å². The number of nitrogens with one attached hydrogen (secondary N) is 3. The zero-order valence-electron chi connectivity index (χ0n) is 23.3. The van der Waals surface area contributed by atoms with E-state index in [0.29, 0.717) is 6.42 Å². The summed E-state index contributed by atoms with van der Waals surface area (Å²) < 4.78 is 5.19. The molecule has 2 amide bonds. The van der Waals surface area contributed by atoms with E-state index >= 15 is 0 Å². The molecule has 2 atom stereocenters. The fourth-order valence-electron chi connectivity index (χ4n) is 4.25. The van der Waals surface area contributed by atoms with Gasteiger partial charge in [-0.25, -0.2) is 4.79 Å². The molecule has 0 aliphatic carbocycles. The minimum absolute atomic E-state index is 0.0622. The monoisotopic (exact) mass is 588 g/mol. The molecule has 218 valence electrons. The lowest BCUT2D eigenvalue weighted by molar-refractivity contribution is -0.155. The second-order valence-electron chi connectivity index (χ2n) is 10.3. The van der Waals surface area contributed by atoms with Crippen molar-refractivity contribution in [3.63, 3.8) is 0 Å². The number of esters is 1. The lowest BCUT2D eigenvalue weighted by Gasteiger charge is -2.21. The molecule has 1 heterocycles. The number of halogens is 1. The molecule has 0 fully saturated rings. The number of amides is 2. The largest absolute Gasteiger partial charge is 0.464 e. The molecule has 3 aromatic carbocycles. The quantitative estimate of drug-likeness (QED) is 0.167. The van der Waals surface area contributed by atoms with Crippen LogP contribution in [-0.4, -0.2) is 51.8 Å². The first-order valence-electron chi connectivity index (χ1n) is 13.6. The number of aliphatic hydroxyl groups is 1. The molecule has 1 aromatic heterocycles. The van der Waals surface area contributed by atoms with Gasteiger partial charge in [-0.1, -0.05) is 92.2 Å². The predicted molar refractivity (Wildman–Crippen MR) is 161 cm³/mol. The van der Waals surface area contributed by atoms with Crippen LogP contribution in [0, 0.1) is 5.92 Å². The van der Waals surface area contributed by atoms with Crippen LogP contribution in [0.3, 0.4) is 0 Å². The molecule has 0 aliphatic heterocycles. The number of hydrogen-bond acceptors (Lipinski definition) is 6. The van der Waals surface area contributed by atoms with E-state index in [2.05, 4.69) is 20.8 Å². The van der Waals surface area contributed by atoms with Gasteiger partial charge in [0.15, 0.2) is 11.9 Å². The van der Waals surface area contributed by atoms with Crippen LogP contribution in [0.5, 0.6) is 0 Å². The van der Waals surface area contributed by atoms with Gasteiger partial charge in [-0.2, -0.15) is 5.10 Å². The van der Waals surface area contributed by atoms with E-state index in [1.165, 1.54) is 6.07 Å². The first kappa shape index (κ1) is 30.5. The Morgan fingerprint density at radius 3 is 2.29 bits per heavy atom. The summed E-state index contributed by atoms with van der Waals surface area (Å²) in [4.78, 5) is 38.1. The van der Waals surface area contributed by atoms with Gasteiger partial charge in [0.1, 0.15) is 5.69 Å². The summed E-state index contributed by atoms with van der Waals surface area (Å²) in [5.41, 5.74) is 3.38. The SMILES string of the molecule is CC(C)COC(=O)[C@H](O)C[C@@H](Cc1ccc(-c2ccccc2)cc1)NC(=O)c1cc(NC(=O)c2ccccc2Cl)n[nH]1. The van der Waals surface area contributed by atoms with Crippen molar-refractivity contribution >= 4 is 35.2 Å². The second kappa shape index (κ2) is 14.4. The summed E-state index contributed by atoms with van der Waals surface area (Å²) in [5, 5.41) is 23.0. The summed E-state index contributed by atoms with van der Waals surface area (Å²) in [5.74, 6) is -1.48. The molecule has 0 saturated heterocycles. The number of ether oxygens (including phenoxy) is 1. The van der Waals surface area contributed by atoms with Gasteiger partial charge in [-0.05, 0) is 41.2 Å². The molecule has 0 bridgehead atoms. The standard InChI is InChI=1S/C32H33ClN4O5/c1-20(2)19-42-32(41)28(38)17-24(16-21-12-14-23(15-13-21)22-8-4-3-5-9-22)34-31(40)27-18-29(37-36-27)35-30(39)25-10-6-7-11-26(25)33/h3-15,18,20,24,28,38H,16-17,19H2,1-2H3,(H,34,40)(H2,35,36,37,39)/t24-,28-/m1/s1. The molecule has 0 spiro atoms. The van der Waals surface area contributed by atoms with E-state index in [1.54, 1.807) is 24.3 Å². The van der Waals surface area contributed by atoms with Gasteiger partial charge in [0.2, 0.25) is 0 Å². The third kappa shape index (κ3) is 8.52. The van der Waals surface area contributed by atoms with E-state index in [1.807, 2.05) is 68.4 Å². The Morgan fingerprint density at radius 1 is 0.929 bits per heavy atom. The van der Waals surface area contributed by atoms with Crippen molar-refractivity contribution in [1.29, 1.82) is 0 Å². The number of aromatic amines is 1. The number of carbonyl (C=O) groups is 3. The number of benzene rings is 3. The van der Waals surface area contributed by atoms with Crippen LogP contribution in [0.4, 0.5) is 5.82 Å². The Hall–Kier alpha value is -4.47. The van der Waals surface area contributed by atoms with Crippen molar-refractivity contribution in [2.45, 2.75) is 38.8 Å². The maximum atomic E-state index is 13.2. The molecule has 0 unspecified atom stereocenters. The fourth-order valence-corrected chi connectivity index (χ4v) is 4.47. The van der Waals surface area contributed by atoms with Gasteiger partial charge in [0, 0.05) is 18.5 Å². The predicted octanol–water partition coefficient (Wildman–Crippen LogP) is 5.27. The molecule has 0 saturated carbocycles. The van der Waals surface area contributed by atoms with Crippen molar-refractivity contribution in [3.05, 3.63) is 107 Å². The van der Waals surface area contributed by atoms with E-state index in [9.17, 15) is 19.5 Å². The topological polar surface area (TPSA) is 133 Å². The molecule has 9 nitrogen and oxygen atoms in total. The first-order valence-corrected chi connectivity index (χ1v) is 14.0. The number of hydrogen-bond donors (Lipinski definition) is 4. The number of carbonyl (C=O) groups excluding carboxylic acids is 3. The summed E-state index contributed by atoms with van der Waals surface area (Å²) in [6.45, 7) is 3.99. The zero-order chi connectivity index (χ0) is 30.1. The van der Waals surface area contributed by atoms with Crippen LogP contribution in [0.2, 0.25) is 5.02 Å². The summed E-state index contributed by atoms with van der Waals surface area (Å²) in [6, 6.07) is 25.2. The minimum Gasteiger partial charge on any atom is -0.464 e. The van der Waals surface area contributed by atoms with Gasteiger partial charge in [0.05, 0.1) is 17.2 Å². The molecule has 4 rings (SSSR count). The second-order valence-corrected chi connectivity index (χ2v) is 10.7. The van der Waals surface area contributed by atoms with Crippen LogP contribution in [0.1, 0.15) is 46.7 Å². The van der Waals surface area contributed by atoms with Crippen LogP contribution >= 0.6 is 11.6 Å². The van der Waals surface area contributed by atoms with Crippen LogP contribution in [0.15, 0.2) is 84.9 Å². The number of H-pyrrole nitrogens is 1. The van der Waals surface area contributed by atoms with Gasteiger partial charge in [-0.15, -0.1) is 0 Å². The van der Waals surface area contributed by atoms with Gasteiger partial charge in [0.25, 0.3) is 11.8 Å². The molecule has 42 heavy (non-hydrogen) atoms. The van der Waals surface area contributed by atoms with E-state index in [4.69, 9.17) is 16.3 Å². The molecule has 10 heteroatoms. The van der Waals surface area contributed by atoms with Crippen LogP contribution in [-0.2, 0) is 16.0 Å². The van der Waals surface area contributed by atoms with E-state index < -0.39 is 29.9 Å². The maximum absolute atomic E-state index is 13.2. The van der Waals surface area contributed by atoms with Crippen molar-refractivity contribution in [1.82, 2.24) is 15.5 Å². The van der Waals surface area contributed by atoms with Crippen LogP contribution < -0.4 is 10.6 Å². The van der Waals surface area contributed by atoms with Crippen molar-refractivity contribution < 1.29 is 24.2 Å². The highest BCUT2D eigenvalue weighted by molar-refractivity contribution is 6.34. The Labute approximate surface area is 249 Å². The molecular formula is C32H33ClN4O5. The van der Waals surface area contributed by atoms with Crippen molar-refractivity contribution in [3.8, 4) is 11.1 Å². The molecule has 0 radical (unpaired) electrons. The van der Waals surface area contributed by atoms with Gasteiger partial charge < -0.3 is 20.5 Å². The summed E-state index contributed by atoms with van der Waals surface area (Å²) >= 11 is 6.10. The van der Waals surface area contributed by atoms with Gasteiger partial charge >= 0.3 is 5.97 Å². The maximum Gasteiger partial charge on any atom is 0.335 e. The van der Waals surface area contributed by atoms with Gasteiger partial charge in [-0.3, -0.25) is 14.7 Å². The number of rotatable bonds is 12. The fraction of sp³-hybridized carbons (Fsp3) is 0.250. The molecule has 0 aliphatic rings. The average Bonchev–Trinajstić information content (AvgIpc) is 3.45. The highest BCUT2D eigenvalue weighted by atomic mass is 35.5. The first-order chi connectivity index (χ1) is 20.2. The lowest BCUT2D eigenvalue weighted by Crippen LogP contribution is -2.41. The third-order valence-corrected chi connectivity index (χ3v) is 6.73. The number of aliphatic hydroxyl groups excluding tert-OH is 1. The smallest absolute Gasteiger partial charge is 0.335 e. The van der Waals surface area contributed by atoms with E-state index in [0.717, 1.165) is 16.7 Å². The number of anilines is 1. The number of nitrogens with zero attached hydrogens (tertiary/aromatic N) is 1. The molecular weight excluding hydrogens is 556 g/mol. The minimum atomic E-state index is -1.43. The third-order valence-electron chi connectivity index (χ3n) is 6.40. The van der Waals surface area contributed by atoms with E-state index in [-0.39, 0.29) is 41.0 Å².